The van der Waals surface area contributed by atoms with E-state index >= 15 is 0 Å². The van der Waals surface area contributed by atoms with Gasteiger partial charge in [0.15, 0.2) is 0 Å². The second-order valence-electron chi connectivity index (χ2n) is 7.01. The van der Waals surface area contributed by atoms with Crippen molar-refractivity contribution in [1.29, 1.82) is 0 Å². The van der Waals surface area contributed by atoms with Gasteiger partial charge < -0.3 is 15.0 Å². The van der Waals surface area contributed by atoms with Crippen LogP contribution < -0.4 is 10.1 Å². The molecule has 0 radical (unpaired) electrons. The van der Waals surface area contributed by atoms with Crippen LogP contribution in [0.4, 0.5) is 5.69 Å². The molecular formula is C21H27N3O2. The molecule has 5 nitrogen and oxygen atoms in total. The maximum Gasteiger partial charge on any atom is 0.244 e. The van der Waals surface area contributed by atoms with E-state index in [1.165, 1.54) is 0 Å². The van der Waals surface area contributed by atoms with E-state index < -0.39 is 0 Å². The number of piperidine rings is 1. The van der Waals surface area contributed by atoms with Crippen molar-refractivity contribution >= 4 is 11.6 Å². The standard InChI is InChI=1S/C21H27N3O2/c1-16-9-12-24(13-10-16)21(25)17(2)23-18-7-5-8-20(14-18)26-15-19-6-3-4-11-22-19/h3-8,11,14,16-17,23H,9-10,12-13,15H2,1-2H3. The molecule has 0 bridgehead atoms. The minimum atomic E-state index is -0.255. The van der Waals surface area contributed by atoms with Crippen LogP contribution in [-0.2, 0) is 11.4 Å². The fraction of sp³-hybridized carbons (Fsp3) is 0.429. The topological polar surface area (TPSA) is 54.5 Å². The fourth-order valence-corrected chi connectivity index (χ4v) is 3.13. The molecule has 26 heavy (non-hydrogen) atoms. The van der Waals surface area contributed by atoms with E-state index in [4.69, 9.17) is 4.74 Å². The molecule has 1 N–H and O–H groups in total. The largest absolute Gasteiger partial charge is 0.487 e. The third-order valence-electron chi connectivity index (χ3n) is 4.80. The number of hydrogen-bond acceptors (Lipinski definition) is 4. The summed E-state index contributed by atoms with van der Waals surface area (Å²) in [7, 11) is 0. The number of amides is 1. The Morgan fingerprint density at radius 2 is 2.08 bits per heavy atom. The zero-order valence-electron chi connectivity index (χ0n) is 15.5. The number of carbonyl (C=O) groups excluding carboxylic acids is 1. The van der Waals surface area contributed by atoms with Crippen LogP contribution in [0.5, 0.6) is 5.75 Å². The molecule has 1 unspecified atom stereocenters. The third kappa shape index (κ3) is 4.97. The molecule has 1 amide bonds. The summed E-state index contributed by atoms with van der Waals surface area (Å²) >= 11 is 0. The highest BCUT2D eigenvalue weighted by molar-refractivity contribution is 5.84. The molecule has 0 aliphatic carbocycles. The summed E-state index contributed by atoms with van der Waals surface area (Å²) in [6, 6.07) is 13.2. The predicted octanol–water partition coefficient (Wildman–Crippen LogP) is 3.72. The van der Waals surface area contributed by atoms with Crippen molar-refractivity contribution in [2.45, 2.75) is 39.3 Å². The summed E-state index contributed by atoms with van der Waals surface area (Å²) in [5, 5.41) is 3.30. The zero-order valence-corrected chi connectivity index (χ0v) is 15.5. The minimum Gasteiger partial charge on any atom is -0.487 e. The summed E-state index contributed by atoms with van der Waals surface area (Å²) in [4.78, 5) is 18.9. The third-order valence-corrected chi connectivity index (χ3v) is 4.80. The highest BCUT2D eigenvalue weighted by Gasteiger charge is 2.24. The minimum absolute atomic E-state index is 0.164. The summed E-state index contributed by atoms with van der Waals surface area (Å²) in [5.74, 6) is 1.64. The summed E-state index contributed by atoms with van der Waals surface area (Å²) in [5.41, 5.74) is 1.77. The Morgan fingerprint density at radius 3 is 2.81 bits per heavy atom. The van der Waals surface area contributed by atoms with Gasteiger partial charge in [-0.15, -0.1) is 0 Å². The first-order valence-electron chi connectivity index (χ1n) is 9.30. The van der Waals surface area contributed by atoms with E-state index in [0.29, 0.717) is 6.61 Å². The van der Waals surface area contributed by atoms with Crippen LogP contribution in [0.15, 0.2) is 48.7 Å². The number of anilines is 1. The van der Waals surface area contributed by atoms with Crippen LogP contribution >= 0.6 is 0 Å². The molecule has 1 aromatic carbocycles. The first kappa shape index (κ1) is 18.2. The molecule has 0 saturated carbocycles. The van der Waals surface area contributed by atoms with Gasteiger partial charge in [-0.1, -0.05) is 19.1 Å². The van der Waals surface area contributed by atoms with E-state index in [0.717, 1.165) is 49.0 Å². The van der Waals surface area contributed by atoms with Crippen LogP contribution in [0.3, 0.4) is 0 Å². The monoisotopic (exact) mass is 353 g/mol. The molecule has 138 valence electrons. The maximum absolute atomic E-state index is 12.6. The highest BCUT2D eigenvalue weighted by atomic mass is 16.5. The number of rotatable bonds is 6. The lowest BCUT2D eigenvalue weighted by atomic mass is 9.99. The fourth-order valence-electron chi connectivity index (χ4n) is 3.13. The van der Waals surface area contributed by atoms with E-state index in [2.05, 4.69) is 17.2 Å². The number of nitrogens with one attached hydrogen (secondary N) is 1. The normalized spacial score (nSPS) is 16.2. The van der Waals surface area contributed by atoms with Gasteiger partial charge in [0.1, 0.15) is 18.4 Å². The van der Waals surface area contributed by atoms with Crippen LogP contribution in [0.1, 0.15) is 32.4 Å². The molecule has 1 aliphatic heterocycles. The van der Waals surface area contributed by atoms with Gasteiger partial charge in [-0.3, -0.25) is 9.78 Å². The first-order chi connectivity index (χ1) is 12.6. The zero-order chi connectivity index (χ0) is 18.4. The van der Waals surface area contributed by atoms with Crippen molar-refractivity contribution in [1.82, 2.24) is 9.88 Å². The molecular weight excluding hydrogens is 326 g/mol. The van der Waals surface area contributed by atoms with Crippen molar-refractivity contribution < 1.29 is 9.53 Å². The number of benzene rings is 1. The van der Waals surface area contributed by atoms with E-state index in [1.54, 1.807) is 6.20 Å². The van der Waals surface area contributed by atoms with E-state index in [9.17, 15) is 4.79 Å². The number of pyridine rings is 1. The van der Waals surface area contributed by atoms with Gasteiger partial charge in [0.25, 0.3) is 0 Å². The Bertz CT molecular complexity index is 712. The molecule has 3 rings (SSSR count). The number of likely N-dealkylation sites (tertiary alicyclic amines) is 1. The van der Waals surface area contributed by atoms with Crippen LogP contribution in [0.25, 0.3) is 0 Å². The average Bonchev–Trinajstić information content (AvgIpc) is 2.67. The van der Waals surface area contributed by atoms with Crippen LogP contribution in [-0.4, -0.2) is 34.9 Å². The van der Waals surface area contributed by atoms with Gasteiger partial charge >= 0.3 is 0 Å². The molecule has 1 saturated heterocycles. The molecule has 1 aromatic heterocycles. The molecule has 1 fully saturated rings. The molecule has 2 aromatic rings. The van der Waals surface area contributed by atoms with Gasteiger partial charge in [-0.2, -0.15) is 0 Å². The van der Waals surface area contributed by atoms with E-state index in [-0.39, 0.29) is 11.9 Å². The number of nitrogens with zero attached hydrogens (tertiary/aromatic N) is 2. The van der Waals surface area contributed by atoms with Crippen molar-refractivity contribution in [3.05, 3.63) is 54.4 Å². The van der Waals surface area contributed by atoms with Gasteiger partial charge in [-0.05, 0) is 49.9 Å². The Balaban J connectivity index is 1.55. The second kappa shape index (κ2) is 8.70. The maximum atomic E-state index is 12.6. The van der Waals surface area contributed by atoms with Crippen LogP contribution in [0, 0.1) is 5.92 Å². The van der Waals surface area contributed by atoms with Gasteiger partial charge in [0.05, 0.1) is 5.69 Å². The van der Waals surface area contributed by atoms with Crippen molar-refractivity contribution in [3.63, 3.8) is 0 Å². The second-order valence-corrected chi connectivity index (χ2v) is 7.01. The molecule has 5 heteroatoms. The molecule has 2 heterocycles. The first-order valence-corrected chi connectivity index (χ1v) is 9.30. The number of aromatic nitrogens is 1. The smallest absolute Gasteiger partial charge is 0.244 e. The van der Waals surface area contributed by atoms with Crippen molar-refractivity contribution in [2.75, 3.05) is 18.4 Å². The quantitative estimate of drug-likeness (QED) is 0.860. The summed E-state index contributed by atoms with van der Waals surface area (Å²) in [6.45, 7) is 6.31. The summed E-state index contributed by atoms with van der Waals surface area (Å²) < 4.78 is 5.81. The summed E-state index contributed by atoms with van der Waals surface area (Å²) in [6.07, 6.45) is 3.94. The van der Waals surface area contributed by atoms with Gasteiger partial charge in [0.2, 0.25) is 5.91 Å². The predicted molar refractivity (Wildman–Crippen MR) is 103 cm³/mol. The Morgan fingerprint density at radius 1 is 1.27 bits per heavy atom. The number of hydrogen-bond donors (Lipinski definition) is 1. The Hall–Kier alpha value is -2.56. The lowest BCUT2D eigenvalue weighted by Crippen LogP contribution is -2.45. The van der Waals surface area contributed by atoms with Crippen LogP contribution in [0.2, 0.25) is 0 Å². The number of carbonyl (C=O) groups is 1. The van der Waals surface area contributed by atoms with Crippen molar-refractivity contribution in [3.8, 4) is 5.75 Å². The Labute approximate surface area is 155 Å². The number of ether oxygens (including phenoxy) is 1. The molecule has 1 aliphatic rings. The van der Waals surface area contributed by atoms with Crippen molar-refractivity contribution in [2.24, 2.45) is 5.92 Å². The molecule has 0 spiro atoms. The lowest BCUT2D eigenvalue weighted by molar-refractivity contribution is -0.132. The SMILES string of the molecule is CC1CCN(C(=O)C(C)Nc2cccc(OCc3ccccn3)c2)CC1. The molecule has 1 atom stereocenters. The van der Waals surface area contributed by atoms with Gasteiger partial charge in [0, 0.05) is 31.0 Å². The average molecular weight is 353 g/mol. The Kier molecular flexibility index (Phi) is 6.10. The lowest BCUT2D eigenvalue weighted by Gasteiger charge is -2.32. The van der Waals surface area contributed by atoms with E-state index in [1.807, 2.05) is 54.3 Å². The highest BCUT2D eigenvalue weighted by Crippen LogP contribution is 2.21. The van der Waals surface area contributed by atoms with Gasteiger partial charge in [-0.25, -0.2) is 0 Å².